The fourth-order valence-electron chi connectivity index (χ4n) is 1.28. The van der Waals surface area contributed by atoms with Gasteiger partial charge in [-0.1, -0.05) is 22.0 Å². The molecule has 0 saturated heterocycles. The van der Waals surface area contributed by atoms with Crippen LogP contribution < -0.4 is 10.5 Å². The Morgan fingerprint density at radius 1 is 1.06 bits per heavy atom. The molecule has 0 aromatic heterocycles. The summed E-state index contributed by atoms with van der Waals surface area (Å²) in [6.45, 7) is 0. The number of hydrogen-bond acceptors (Lipinski definition) is 2. The van der Waals surface area contributed by atoms with E-state index >= 15 is 0 Å². The molecular weight excluding hydrogens is 292 g/mol. The molecule has 2 N–H and O–H groups in total. The highest BCUT2D eigenvalue weighted by molar-refractivity contribution is 9.10. The van der Waals surface area contributed by atoms with Crippen molar-refractivity contribution in [3.63, 3.8) is 0 Å². The normalized spacial score (nSPS) is 10.3. The van der Waals surface area contributed by atoms with Crippen molar-refractivity contribution in [2.24, 2.45) is 0 Å². The average molecular weight is 300 g/mol. The highest BCUT2D eigenvalue weighted by Crippen LogP contribution is 2.32. The molecule has 0 unspecified atom stereocenters. The Morgan fingerprint density at radius 3 is 2.59 bits per heavy atom. The Bertz CT molecular complexity index is 560. The first-order valence-corrected chi connectivity index (χ1v) is 5.54. The van der Waals surface area contributed by atoms with E-state index in [-0.39, 0.29) is 11.5 Å². The van der Waals surface area contributed by atoms with Gasteiger partial charge in [0, 0.05) is 4.47 Å². The molecule has 0 aliphatic carbocycles. The lowest BCUT2D eigenvalue weighted by Crippen LogP contribution is -1.95. The SMILES string of the molecule is Nc1ccc(Br)cc1Oc1cccc(F)c1F. The lowest BCUT2D eigenvalue weighted by Gasteiger charge is -2.09. The maximum atomic E-state index is 13.4. The number of benzene rings is 2. The molecule has 0 aliphatic rings. The van der Waals surface area contributed by atoms with Gasteiger partial charge in [0.1, 0.15) is 0 Å². The van der Waals surface area contributed by atoms with E-state index in [1.165, 1.54) is 12.1 Å². The Balaban J connectivity index is 2.38. The predicted molar refractivity (Wildman–Crippen MR) is 65.0 cm³/mol. The second kappa shape index (κ2) is 4.71. The van der Waals surface area contributed by atoms with E-state index in [1.807, 2.05) is 0 Å². The van der Waals surface area contributed by atoms with Gasteiger partial charge in [-0.25, -0.2) is 4.39 Å². The molecule has 88 valence electrons. The summed E-state index contributed by atoms with van der Waals surface area (Å²) in [5.74, 6) is -1.93. The summed E-state index contributed by atoms with van der Waals surface area (Å²) in [6.07, 6.45) is 0. The highest BCUT2D eigenvalue weighted by atomic mass is 79.9. The summed E-state index contributed by atoms with van der Waals surface area (Å²) >= 11 is 3.24. The van der Waals surface area contributed by atoms with Gasteiger partial charge in [0.05, 0.1) is 5.69 Å². The first-order chi connectivity index (χ1) is 8.08. The quantitative estimate of drug-likeness (QED) is 0.847. The second-order valence-electron chi connectivity index (χ2n) is 3.34. The van der Waals surface area contributed by atoms with Crippen LogP contribution in [0.5, 0.6) is 11.5 Å². The van der Waals surface area contributed by atoms with Crippen LogP contribution in [0, 0.1) is 11.6 Å². The van der Waals surface area contributed by atoms with Crippen molar-refractivity contribution in [3.05, 3.63) is 52.5 Å². The molecule has 0 saturated carbocycles. The van der Waals surface area contributed by atoms with Crippen LogP contribution in [0.25, 0.3) is 0 Å². The van der Waals surface area contributed by atoms with Gasteiger partial charge in [0.15, 0.2) is 17.3 Å². The van der Waals surface area contributed by atoms with Gasteiger partial charge < -0.3 is 10.5 Å². The summed E-state index contributed by atoms with van der Waals surface area (Å²) in [4.78, 5) is 0. The summed E-state index contributed by atoms with van der Waals surface area (Å²) in [6, 6.07) is 8.63. The highest BCUT2D eigenvalue weighted by Gasteiger charge is 2.11. The molecule has 17 heavy (non-hydrogen) atoms. The molecule has 0 amide bonds. The van der Waals surface area contributed by atoms with Crippen molar-refractivity contribution in [2.75, 3.05) is 5.73 Å². The van der Waals surface area contributed by atoms with Crippen LogP contribution in [-0.4, -0.2) is 0 Å². The summed E-state index contributed by atoms with van der Waals surface area (Å²) < 4.78 is 32.3. The first kappa shape index (κ1) is 11.9. The fourth-order valence-corrected chi connectivity index (χ4v) is 1.62. The van der Waals surface area contributed by atoms with E-state index in [0.717, 1.165) is 10.5 Å². The van der Waals surface area contributed by atoms with Crippen LogP contribution in [0.1, 0.15) is 0 Å². The lowest BCUT2D eigenvalue weighted by molar-refractivity contribution is 0.417. The molecule has 5 heteroatoms. The molecule has 2 rings (SSSR count). The number of hydrogen-bond donors (Lipinski definition) is 1. The third kappa shape index (κ3) is 2.55. The monoisotopic (exact) mass is 299 g/mol. The number of halogens is 3. The van der Waals surface area contributed by atoms with Gasteiger partial charge in [-0.05, 0) is 30.3 Å². The molecule has 0 radical (unpaired) electrons. The lowest BCUT2D eigenvalue weighted by atomic mass is 10.3. The maximum Gasteiger partial charge on any atom is 0.201 e. The maximum absolute atomic E-state index is 13.4. The summed E-state index contributed by atoms with van der Waals surface area (Å²) in [5.41, 5.74) is 6.01. The number of rotatable bonds is 2. The number of ether oxygens (including phenoxy) is 1. The van der Waals surface area contributed by atoms with Crippen molar-refractivity contribution >= 4 is 21.6 Å². The van der Waals surface area contributed by atoms with Gasteiger partial charge in [0.2, 0.25) is 5.82 Å². The van der Waals surface area contributed by atoms with Gasteiger partial charge in [0.25, 0.3) is 0 Å². The van der Waals surface area contributed by atoms with Crippen LogP contribution in [0.4, 0.5) is 14.5 Å². The standard InChI is InChI=1S/C12H8BrF2NO/c13-7-4-5-9(16)11(6-7)17-10-3-1-2-8(14)12(10)15/h1-6H,16H2. The Labute approximate surface area is 105 Å². The van der Waals surface area contributed by atoms with Crippen molar-refractivity contribution in [2.45, 2.75) is 0 Å². The van der Waals surface area contributed by atoms with Crippen LogP contribution in [0.3, 0.4) is 0 Å². The third-order valence-corrected chi connectivity index (χ3v) is 2.60. The zero-order chi connectivity index (χ0) is 12.4. The fraction of sp³-hybridized carbons (Fsp3) is 0. The molecule has 0 fully saturated rings. The molecule has 2 aromatic carbocycles. The molecule has 0 spiro atoms. The first-order valence-electron chi connectivity index (χ1n) is 4.75. The largest absolute Gasteiger partial charge is 0.452 e. The molecule has 0 atom stereocenters. The van der Waals surface area contributed by atoms with Crippen molar-refractivity contribution in [1.82, 2.24) is 0 Å². The minimum Gasteiger partial charge on any atom is -0.452 e. The van der Waals surface area contributed by atoms with Gasteiger partial charge in [-0.3, -0.25) is 0 Å². The minimum atomic E-state index is -1.04. The van der Waals surface area contributed by atoms with Crippen LogP contribution in [-0.2, 0) is 0 Å². The predicted octanol–water partition coefficient (Wildman–Crippen LogP) is 4.10. The number of anilines is 1. The molecule has 2 aromatic rings. The number of nitrogens with two attached hydrogens (primary N) is 1. The minimum absolute atomic E-state index is 0.199. The van der Waals surface area contributed by atoms with Crippen molar-refractivity contribution in [1.29, 1.82) is 0 Å². The summed E-state index contributed by atoms with van der Waals surface area (Å²) in [7, 11) is 0. The zero-order valence-corrected chi connectivity index (χ0v) is 10.2. The Morgan fingerprint density at radius 2 is 1.82 bits per heavy atom. The van der Waals surface area contributed by atoms with E-state index < -0.39 is 11.6 Å². The molecule has 0 heterocycles. The zero-order valence-electron chi connectivity index (χ0n) is 8.58. The van der Waals surface area contributed by atoms with E-state index in [9.17, 15) is 8.78 Å². The molecule has 0 bridgehead atoms. The van der Waals surface area contributed by atoms with E-state index in [0.29, 0.717) is 5.69 Å². The Hall–Kier alpha value is -1.62. The smallest absolute Gasteiger partial charge is 0.201 e. The number of nitrogen functional groups attached to an aromatic ring is 1. The topological polar surface area (TPSA) is 35.2 Å². The molecule has 0 aliphatic heterocycles. The van der Waals surface area contributed by atoms with E-state index in [1.54, 1.807) is 18.2 Å². The van der Waals surface area contributed by atoms with Gasteiger partial charge in [-0.2, -0.15) is 4.39 Å². The van der Waals surface area contributed by atoms with Crippen molar-refractivity contribution < 1.29 is 13.5 Å². The molecular formula is C12H8BrF2NO. The summed E-state index contributed by atoms with van der Waals surface area (Å²) in [5, 5.41) is 0. The Kier molecular flexibility index (Phi) is 3.28. The average Bonchev–Trinajstić information content (AvgIpc) is 2.30. The van der Waals surface area contributed by atoms with Crippen LogP contribution >= 0.6 is 15.9 Å². The van der Waals surface area contributed by atoms with E-state index in [2.05, 4.69) is 15.9 Å². The third-order valence-electron chi connectivity index (χ3n) is 2.11. The molecule has 2 nitrogen and oxygen atoms in total. The van der Waals surface area contributed by atoms with E-state index in [4.69, 9.17) is 10.5 Å². The van der Waals surface area contributed by atoms with Crippen LogP contribution in [0.15, 0.2) is 40.9 Å². The van der Waals surface area contributed by atoms with Gasteiger partial charge in [-0.15, -0.1) is 0 Å². The van der Waals surface area contributed by atoms with Crippen molar-refractivity contribution in [3.8, 4) is 11.5 Å². The second-order valence-corrected chi connectivity index (χ2v) is 4.25. The van der Waals surface area contributed by atoms with Crippen LogP contribution in [0.2, 0.25) is 0 Å². The van der Waals surface area contributed by atoms with Gasteiger partial charge >= 0.3 is 0 Å².